The number of nitrogens with zero attached hydrogens (tertiary/aromatic N) is 2. The zero-order chi connectivity index (χ0) is 9.31. The molecule has 0 saturated heterocycles. The molecular formula is C9H10N2O2. The molecule has 2 saturated carbocycles. The maximum atomic E-state index is 10.2. The highest BCUT2D eigenvalue weighted by Crippen LogP contribution is 2.61. The molecule has 68 valence electrons. The average molecular weight is 178 g/mol. The predicted molar refractivity (Wildman–Crippen MR) is 44.4 cm³/mol. The van der Waals surface area contributed by atoms with Crippen LogP contribution >= 0.6 is 0 Å². The summed E-state index contributed by atoms with van der Waals surface area (Å²) in [5.41, 5.74) is -0.750. The van der Waals surface area contributed by atoms with Gasteiger partial charge in [-0.05, 0) is 12.8 Å². The van der Waals surface area contributed by atoms with Gasteiger partial charge in [0.1, 0.15) is 0 Å². The van der Waals surface area contributed by atoms with Crippen molar-refractivity contribution < 1.29 is 9.59 Å². The summed E-state index contributed by atoms with van der Waals surface area (Å²) in [6.07, 6.45) is 7.35. The van der Waals surface area contributed by atoms with Crippen LogP contribution in [0, 0.1) is 11.8 Å². The lowest BCUT2D eigenvalue weighted by molar-refractivity contribution is 0.480. The van der Waals surface area contributed by atoms with E-state index in [0.717, 1.165) is 25.7 Å². The van der Waals surface area contributed by atoms with Gasteiger partial charge in [-0.1, -0.05) is 12.8 Å². The van der Waals surface area contributed by atoms with Gasteiger partial charge in [0.2, 0.25) is 12.2 Å². The Morgan fingerprint density at radius 3 is 1.85 bits per heavy atom. The second-order valence-electron chi connectivity index (χ2n) is 3.69. The first-order valence-corrected chi connectivity index (χ1v) is 4.53. The lowest BCUT2D eigenvalue weighted by Crippen LogP contribution is -2.05. The summed E-state index contributed by atoms with van der Waals surface area (Å²) in [7, 11) is 0. The second-order valence-corrected chi connectivity index (χ2v) is 3.69. The number of hydrogen-bond donors (Lipinski definition) is 0. The van der Waals surface area contributed by atoms with E-state index < -0.39 is 5.66 Å². The van der Waals surface area contributed by atoms with Crippen LogP contribution in [0.15, 0.2) is 9.98 Å². The Hall–Kier alpha value is -1.24. The van der Waals surface area contributed by atoms with Gasteiger partial charge in [-0.2, -0.15) is 9.98 Å². The number of hydrogen-bond acceptors (Lipinski definition) is 4. The Bertz CT molecular complexity index is 282. The van der Waals surface area contributed by atoms with Gasteiger partial charge in [-0.3, -0.25) is 0 Å². The smallest absolute Gasteiger partial charge is 0.211 e. The minimum atomic E-state index is -0.750. The number of fused-ring (bicyclic) bond motifs is 1. The molecule has 4 nitrogen and oxygen atoms in total. The molecule has 2 rings (SSSR count). The average Bonchev–Trinajstić information content (AvgIpc) is 2.77. The molecule has 0 heterocycles. The second kappa shape index (κ2) is 2.91. The van der Waals surface area contributed by atoms with Crippen LogP contribution in [0.25, 0.3) is 0 Å². The SMILES string of the molecule is O=C=NC1(N=C=O)C2CCCCC21. The first kappa shape index (κ1) is 8.36. The van der Waals surface area contributed by atoms with Crippen LogP contribution in [0.3, 0.4) is 0 Å². The lowest BCUT2D eigenvalue weighted by Gasteiger charge is -2.03. The summed E-state index contributed by atoms with van der Waals surface area (Å²) in [4.78, 5) is 27.7. The van der Waals surface area contributed by atoms with E-state index in [2.05, 4.69) is 9.98 Å². The molecule has 0 aromatic heterocycles. The highest BCUT2D eigenvalue weighted by molar-refractivity contribution is 5.43. The van der Waals surface area contributed by atoms with Crippen LogP contribution < -0.4 is 0 Å². The number of rotatable bonds is 2. The van der Waals surface area contributed by atoms with Crippen LogP contribution in [0.2, 0.25) is 0 Å². The molecule has 2 aliphatic rings. The van der Waals surface area contributed by atoms with E-state index in [9.17, 15) is 9.59 Å². The van der Waals surface area contributed by atoms with Crippen LogP contribution in [-0.2, 0) is 9.59 Å². The minimum Gasteiger partial charge on any atom is -0.211 e. The molecule has 0 aromatic carbocycles. The Kier molecular flexibility index (Phi) is 1.87. The molecule has 0 aromatic rings. The molecule has 13 heavy (non-hydrogen) atoms. The van der Waals surface area contributed by atoms with Crippen molar-refractivity contribution in [2.24, 2.45) is 21.8 Å². The fourth-order valence-corrected chi connectivity index (χ4v) is 2.56. The fraction of sp³-hybridized carbons (Fsp3) is 0.778. The highest BCUT2D eigenvalue weighted by Gasteiger charge is 2.66. The van der Waals surface area contributed by atoms with Crippen molar-refractivity contribution in [1.29, 1.82) is 0 Å². The predicted octanol–water partition coefficient (Wildman–Crippen LogP) is 1.17. The van der Waals surface area contributed by atoms with Crippen molar-refractivity contribution in [3.63, 3.8) is 0 Å². The molecule has 0 aliphatic heterocycles. The molecule has 2 atom stereocenters. The molecule has 0 amide bonds. The number of carbonyl (C=O) groups excluding carboxylic acids is 2. The van der Waals surface area contributed by atoms with Gasteiger partial charge in [0, 0.05) is 11.8 Å². The van der Waals surface area contributed by atoms with E-state index >= 15 is 0 Å². The third kappa shape index (κ3) is 1.07. The van der Waals surface area contributed by atoms with Gasteiger partial charge in [0.15, 0.2) is 5.66 Å². The van der Waals surface area contributed by atoms with Crippen LogP contribution in [0.1, 0.15) is 25.7 Å². The fourth-order valence-electron chi connectivity index (χ4n) is 2.56. The van der Waals surface area contributed by atoms with Gasteiger partial charge in [-0.15, -0.1) is 0 Å². The Balaban J connectivity index is 2.27. The topological polar surface area (TPSA) is 58.9 Å². The van der Waals surface area contributed by atoms with Crippen molar-refractivity contribution in [1.82, 2.24) is 0 Å². The summed E-state index contributed by atoms with van der Waals surface area (Å²) in [6, 6.07) is 0. The van der Waals surface area contributed by atoms with E-state index in [0.29, 0.717) is 11.8 Å². The maximum absolute atomic E-state index is 10.2. The number of aliphatic imine (C=N–C) groups is 2. The van der Waals surface area contributed by atoms with E-state index in [4.69, 9.17) is 0 Å². The molecule has 2 fully saturated rings. The monoisotopic (exact) mass is 178 g/mol. The zero-order valence-corrected chi connectivity index (χ0v) is 7.19. The Labute approximate surface area is 75.8 Å². The summed E-state index contributed by atoms with van der Waals surface area (Å²) in [5, 5.41) is 0. The van der Waals surface area contributed by atoms with Crippen molar-refractivity contribution in [3.8, 4) is 0 Å². The third-order valence-corrected chi connectivity index (χ3v) is 3.20. The van der Waals surface area contributed by atoms with E-state index in [1.165, 1.54) is 12.2 Å². The normalized spacial score (nSPS) is 40.9. The summed E-state index contributed by atoms with van der Waals surface area (Å²) >= 11 is 0. The van der Waals surface area contributed by atoms with Gasteiger partial charge in [0.25, 0.3) is 0 Å². The standard InChI is InChI=1S/C9H10N2O2/c12-5-10-9(11-6-13)7-3-1-2-4-8(7)9/h7-8H,1-4H2. The largest absolute Gasteiger partial charge is 0.237 e. The summed E-state index contributed by atoms with van der Waals surface area (Å²) in [6.45, 7) is 0. The minimum absolute atomic E-state index is 0.296. The van der Waals surface area contributed by atoms with Gasteiger partial charge < -0.3 is 0 Å². The van der Waals surface area contributed by atoms with E-state index in [-0.39, 0.29) is 0 Å². The van der Waals surface area contributed by atoms with Gasteiger partial charge in [-0.25, -0.2) is 9.59 Å². The third-order valence-electron chi connectivity index (χ3n) is 3.20. The van der Waals surface area contributed by atoms with E-state index in [1.807, 2.05) is 0 Å². The lowest BCUT2D eigenvalue weighted by atomic mass is 10.0. The molecule has 4 heteroatoms. The molecule has 2 aliphatic carbocycles. The van der Waals surface area contributed by atoms with Crippen molar-refractivity contribution >= 4 is 12.2 Å². The molecular weight excluding hydrogens is 168 g/mol. The van der Waals surface area contributed by atoms with Crippen molar-refractivity contribution in [2.45, 2.75) is 31.3 Å². The van der Waals surface area contributed by atoms with Gasteiger partial charge in [0.05, 0.1) is 0 Å². The van der Waals surface area contributed by atoms with Crippen LogP contribution in [-0.4, -0.2) is 17.8 Å². The van der Waals surface area contributed by atoms with Crippen LogP contribution in [0.5, 0.6) is 0 Å². The molecule has 2 unspecified atom stereocenters. The van der Waals surface area contributed by atoms with E-state index in [1.54, 1.807) is 0 Å². The quantitative estimate of drug-likeness (QED) is 0.470. The Morgan fingerprint density at radius 1 is 1.00 bits per heavy atom. The molecule has 0 spiro atoms. The maximum Gasteiger partial charge on any atom is 0.237 e. The highest BCUT2D eigenvalue weighted by atomic mass is 16.1. The van der Waals surface area contributed by atoms with Crippen LogP contribution in [0.4, 0.5) is 0 Å². The molecule has 0 bridgehead atoms. The summed E-state index contributed by atoms with van der Waals surface area (Å²) < 4.78 is 0. The number of isocyanates is 2. The zero-order valence-electron chi connectivity index (χ0n) is 7.19. The summed E-state index contributed by atoms with van der Waals surface area (Å²) in [5.74, 6) is 0.591. The first-order valence-electron chi connectivity index (χ1n) is 4.53. The molecule has 0 N–H and O–H groups in total. The first-order chi connectivity index (χ1) is 6.35. The van der Waals surface area contributed by atoms with Gasteiger partial charge >= 0.3 is 0 Å². The van der Waals surface area contributed by atoms with Crippen molar-refractivity contribution in [3.05, 3.63) is 0 Å². The Morgan fingerprint density at radius 2 is 1.46 bits per heavy atom. The van der Waals surface area contributed by atoms with Crippen molar-refractivity contribution in [2.75, 3.05) is 0 Å². The molecule has 0 radical (unpaired) electrons.